The first kappa shape index (κ1) is 20.3. The molecule has 0 saturated carbocycles. The van der Waals surface area contributed by atoms with Crippen LogP contribution in [0.3, 0.4) is 0 Å². The first-order valence-corrected chi connectivity index (χ1v) is 9.18. The number of rotatable bonds is 7. The highest BCUT2D eigenvalue weighted by molar-refractivity contribution is 6.30. The summed E-state index contributed by atoms with van der Waals surface area (Å²) in [4.78, 5) is 28.2. The largest absolute Gasteiger partial charge is 0.454 e. The van der Waals surface area contributed by atoms with E-state index in [1.807, 2.05) is 30.3 Å². The monoisotopic (exact) mass is 411 g/mol. The van der Waals surface area contributed by atoms with Crippen molar-refractivity contribution in [2.24, 2.45) is 0 Å². The van der Waals surface area contributed by atoms with Crippen LogP contribution in [0.5, 0.6) is 0 Å². The Balaban J connectivity index is 1.48. The van der Waals surface area contributed by atoms with Crippen LogP contribution < -0.4 is 5.32 Å². The molecule has 29 heavy (non-hydrogen) atoms. The molecule has 3 rings (SSSR count). The van der Waals surface area contributed by atoms with E-state index in [1.165, 1.54) is 13.0 Å². The Morgan fingerprint density at radius 3 is 2.62 bits per heavy atom. The van der Waals surface area contributed by atoms with Crippen LogP contribution in [-0.2, 0) is 20.9 Å². The lowest BCUT2D eigenvalue weighted by molar-refractivity contribution is -0.149. The fourth-order valence-electron chi connectivity index (χ4n) is 2.34. The highest BCUT2D eigenvalue weighted by Crippen LogP contribution is 2.18. The maximum absolute atomic E-state index is 12.1. The van der Waals surface area contributed by atoms with E-state index < -0.39 is 17.9 Å². The molecule has 0 spiro atoms. The summed E-state index contributed by atoms with van der Waals surface area (Å²) in [6.07, 6.45) is 3.01. The number of benzene rings is 2. The molecule has 8 heteroatoms. The van der Waals surface area contributed by atoms with Gasteiger partial charge in [0.05, 0.1) is 0 Å². The summed E-state index contributed by atoms with van der Waals surface area (Å²) in [6.45, 7) is 1.34. The van der Waals surface area contributed by atoms with Crippen molar-refractivity contribution in [1.82, 2.24) is 15.5 Å². The van der Waals surface area contributed by atoms with Gasteiger partial charge in [-0.2, -0.15) is 4.98 Å². The van der Waals surface area contributed by atoms with Crippen molar-refractivity contribution < 1.29 is 18.8 Å². The van der Waals surface area contributed by atoms with Crippen LogP contribution in [0, 0.1) is 0 Å². The zero-order chi connectivity index (χ0) is 20.6. The van der Waals surface area contributed by atoms with Gasteiger partial charge in [-0.3, -0.25) is 4.79 Å². The van der Waals surface area contributed by atoms with E-state index in [0.29, 0.717) is 10.8 Å². The molecule has 0 aliphatic rings. The van der Waals surface area contributed by atoms with Crippen LogP contribution in [-0.4, -0.2) is 28.1 Å². The predicted octanol–water partition coefficient (Wildman–Crippen LogP) is 3.65. The average molecular weight is 412 g/mol. The van der Waals surface area contributed by atoms with Gasteiger partial charge in [-0.15, -0.1) is 0 Å². The van der Waals surface area contributed by atoms with E-state index in [0.717, 1.165) is 11.1 Å². The van der Waals surface area contributed by atoms with Crippen LogP contribution in [0.2, 0.25) is 5.02 Å². The molecule has 1 heterocycles. The van der Waals surface area contributed by atoms with Gasteiger partial charge in [0.1, 0.15) is 6.04 Å². The summed E-state index contributed by atoms with van der Waals surface area (Å²) in [7, 11) is 0. The number of aromatic nitrogens is 2. The van der Waals surface area contributed by atoms with Gasteiger partial charge in [-0.1, -0.05) is 47.1 Å². The molecule has 1 N–H and O–H groups in total. The molecule has 3 aromatic rings. The highest BCUT2D eigenvalue weighted by Gasteiger charge is 2.18. The van der Waals surface area contributed by atoms with E-state index in [1.54, 1.807) is 30.3 Å². The van der Waals surface area contributed by atoms with Crippen molar-refractivity contribution >= 4 is 29.6 Å². The van der Waals surface area contributed by atoms with E-state index in [-0.39, 0.29) is 12.5 Å². The SMILES string of the molecule is C[C@H](NC(=O)/C=C/c1ccccc1)C(=O)OCc1nc(-c2ccc(Cl)cc2)no1. The van der Waals surface area contributed by atoms with Gasteiger partial charge in [-0.25, -0.2) is 4.79 Å². The number of carbonyl (C=O) groups excluding carboxylic acids is 2. The number of carbonyl (C=O) groups is 2. The van der Waals surface area contributed by atoms with Gasteiger partial charge < -0.3 is 14.6 Å². The number of halogens is 1. The van der Waals surface area contributed by atoms with Crippen LogP contribution in [0.1, 0.15) is 18.4 Å². The molecule has 0 aliphatic heterocycles. The fraction of sp³-hybridized carbons (Fsp3) is 0.143. The lowest BCUT2D eigenvalue weighted by Crippen LogP contribution is -2.38. The third-order valence-electron chi connectivity index (χ3n) is 3.85. The molecule has 0 fully saturated rings. The van der Waals surface area contributed by atoms with Gasteiger partial charge in [0.15, 0.2) is 6.61 Å². The van der Waals surface area contributed by atoms with Crippen LogP contribution >= 0.6 is 11.6 Å². The Hall–Kier alpha value is -3.45. The second-order valence-electron chi connectivity index (χ2n) is 6.10. The van der Waals surface area contributed by atoms with E-state index in [2.05, 4.69) is 15.5 Å². The van der Waals surface area contributed by atoms with Gasteiger partial charge >= 0.3 is 5.97 Å². The molecule has 2 aromatic carbocycles. The third kappa shape index (κ3) is 6.02. The Kier molecular flexibility index (Phi) is 6.76. The molecule has 1 atom stereocenters. The van der Waals surface area contributed by atoms with Crippen molar-refractivity contribution in [3.8, 4) is 11.4 Å². The molecule has 148 valence electrons. The van der Waals surface area contributed by atoms with Gasteiger partial charge in [0, 0.05) is 16.7 Å². The first-order valence-electron chi connectivity index (χ1n) is 8.80. The smallest absolute Gasteiger partial charge is 0.328 e. The summed E-state index contributed by atoms with van der Waals surface area (Å²) in [6, 6.07) is 15.5. The summed E-state index contributed by atoms with van der Waals surface area (Å²) < 4.78 is 10.2. The van der Waals surface area contributed by atoms with Crippen LogP contribution in [0.4, 0.5) is 0 Å². The summed E-state index contributed by atoms with van der Waals surface area (Å²) in [5.74, 6) is -0.510. The molecular weight excluding hydrogens is 394 g/mol. The number of nitrogens with zero attached hydrogens (tertiary/aromatic N) is 2. The standard InChI is InChI=1S/C21H18ClN3O4/c1-14(23-18(26)12-7-15-5-3-2-4-6-15)21(27)28-13-19-24-20(25-29-19)16-8-10-17(22)11-9-16/h2-12,14H,13H2,1H3,(H,23,26)/b12-7+/t14-/m0/s1. The molecule has 1 aromatic heterocycles. The molecule has 0 unspecified atom stereocenters. The van der Waals surface area contributed by atoms with Crippen molar-refractivity contribution in [3.05, 3.63) is 77.2 Å². The zero-order valence-corrected chi connectivity index (χ0v) is 16.3. The molecular formula is C21H18ClN3O4. The van der Waals surface area contributed by atoms with Gasteiger partial charge in [0.25, 0.3) is 5.89 Å². The minimum Gasteiger partial charge on any atom is -0.454 e. The average Bonchev–Trinajstić information content (AvgIpc) is 3.21. The first-order chi connectivity index (χ1) is 14.0. The van der Waals surface area contributed by atoms with Crippen LogP contribution in [0.15, 0.2) is 65.2 Å². The number of hydrogen-bond acceptors (Lipinski definition) is 6. The molecule has 0 aliphatic carbocycles. The Morgan fingerprint density at radius 2 is 1.90 bits per heavy atom. The number of amides is 1. The van der Waals surface area contributed by atoms with Crippen molar-refractivity contribution in [3.63, 3.8) is 0 Å². The number of ether oxygens (including phenoxy) is 1. The van der Waals surface area contributed by atoms with Crippen LogP contribution in [0.25, 0.3) is 17.5 Å². The normalized spacial score (nSPS) is 11.9. The summed E-state index contributed by atoms with van der Waals surface area (Å²) in [5, 5.41) is 6.98. The number of esters is 1. The Labute approximate surface area is 172 Å². The topological polar surface area (TPSA) is 94.3 Å². The molecule has 7 nitrogen and oxygen atoms in total. The predicted molar refractivity (Wildman–Crippen MR) is 108 cm³/mol. The zero-order valence-electron chi connectivity index (χ0n) is 15.5. The third-order valence-corrected chi connectivity index (χ3v) is 4.10. The minimum atomic E-state index is -0.832. The fourth-order valence-corrected chi connectivity index (χ4v) is 2.47. The maximum atomic E-state index is 12.1. The Morgan fingerprint density at radius 1 is 1.17 bits per heavy atom. The van der Waals surface area contributed by atoms with E-state index in [4.69, 9.17) is 20.9 Å². The van der Waals surface area contributed by atoms with E-state index in [9.17, 15) is 9.59 Å². The molecule has 0 saturated heterocycles. The highest BCUT2D eigenvalue weighted by atomic mass is 35.5. The van der Waals surface area contributed by atoms with E-state index >= 15 is 0 Å². The summed E-state index contributed by atoms with van der Waals surface area (Å²) >= 11 is 5.85. The van der Waals surface area contributed by atoms with Crippen molar-refractivity contribution in [1.29, 1.82) is 0 Å². The maximum Gasteiger partial charge on any atom is 0.328 e. The number of hydrogen-bond donors (Lipinski definition) is 1. The number of nitrogens with one attached hydrogen (secondary N) is 1. The molecule has 0 bridgehead atoms. The second-order valence-corrected chi connectivity index (χ2v) is 6.54. The molecule has 1 amide bonds. The summed E-state index contributed by atoms with van der Waals surface area (Å²) in [5.41, 5.74) is 1.60. The second kappa shape index (κ2) is 9.66. The lowest BCUT2D eigenvalue weighted by Gasteiger charge is -2.10. The minimum absolute atomic E-state index is 0.144. The van der Waals surface area contributed by atoms with Gasteiger partial charge in [-0.05, 0) is 42.8 Å². The Bertz CT molecular complexity index is 1000. The lowest BCUT2D eigenvalue weighted by atomic mass is 10.2. The van der Waals surface area contributed by atoms with Gasteiger partial charge in [0.2, 0.25) is 11.7 Å². The quantitative estimate of drug-likeness (QED) is 0.471. The van der Waals surface area contributed by atoms with Crippen molar-refractivity contribution in [2.75, 3.05) is 0 Å². The molecule has 0 radical (unpaired) electrons. The van der Waals surface area contributed by atoms with Crippen molar-refractivity contribution in [2.45, 2.75) is 19.6 Å².